The second-order valence-electron chi connectivity index (χ2n) is 4.24. The van der Waals surface area contributed by atoms with Crippen LogP contribution in [0, 0.1) is 6.92 Å². The first-order chi connectivity index (χ1) is 8.74. The maximum absolute atomic E-state index is 12.2. The van der Waals surface area contributed by atoms with Crippen LogP contribution < -0.4 is 9.47 Å². The molecule has 0 bridgehead atoms. The lowest BCUT2D eigenvalue weighted by atomic mass is 10.0. The molecule has 0 amide bonds. The lowest BCUT2D eigenvalue weighted by Crippen LogP contribution is -2.10. The number of Topliss-reactive ketones (excluding diaryl/α,β-unsaturated/α-hetero) is 1. The molecule has 0 spiro atoms. The number of aryl methyl sites for hydroxylation is 1. The molecule has 0 aliphatic carbocycles. The van der Waals surface area contributed by atoms with Gasteiger partial charge in [0.15, 0.2) is 23.2 Å². The van der Waals surface area contributed by atoms with Crippen molar-refractivity contribution >= 4 is 11.7 Å². The van der Waals surface area contributed by atoms with Crippen LogP contribution in [0.15, 0.2) is 17.1 Å². The van der Waals surface area contributed by atoms with Gasteiger partial charge in [0.25, 0.3) is 0 Å². The molecule has 2 aliphatic rings. The predicted molar refractivity (Wildman–Crippen MR) is 64.5 cm³/mol. The third-order valence-corrected chi connectivity index (χ3v) is 2.98. The summed E-state index contributed by atoms with van der Waals surface area (Å²) < 4.78 is 15.8. The largest absolute Gasteiger partial charge is 0.479 e. The molecule has 0 saturated heterocycles. The Bertz CT molecular complexity index is 536. The minimum atomic E-state index is -0.00792. The zero-order valence-corrected chi connectivity index (χ0v) is 10.1. The summed E-state index contributed by atoms with van der Waals surface area (Å²) in [5.41, 5.74) is 1.51. The summed E-state index contributed by atoms with van der Waals surface area (Å²) in [4.78, 5) is 16.3. The van der Waals surface area contributed by atoms with Crippen LogP contribution in [-0.2, 0) is 4.74 Å². The molecule has 0 unspecified atom stereocenters. The van der Waals surface area contributed by atoms with Gasteiger partial charge >= 0.3 is 0 Å². The van der Waals surface area contributed by atoms with Gasteiger partial charge in [-0.3, -0.25) is 9.79 Å². The average molecular weight is 247 g/mol. The molecule has 18 heavy (non-hydrogen) atoms. The zero-order valence-electron chi connectivity index (χ0n) is 10.1. The van der Waals surface area contributed by atoms with Crippen molar-refractivity contribution in [3.05, 3.63) is 23.3 Å². The molecule has 0 fully saturated rings. The van der Waals surface area contributed by atoms with Crippen molar-refractivity contribution in [3.8, 4) is 11.5 Å². The first-order valence-corrected chi connectivity index (χ1v) is 5.83. The van der Waals surface area contributed by atoms with Crippen molar-refractivity contribution in [1.82, 2.24) is 0 Å². The minimum Gasteiger partial charge on any atom is -0.479 e. The highest BCUT2D eigenvalue weighted by Crippen LogP contribution is 2.35. The Kier molecular flexibility index (Phi) is 2.66. The number of fused-ring (bicyclic) bond motifs is 1. The highest BCUT2D eigenvalue weighted by Gasteiger charge is 2.21. The van der Waals surface area contributed by atoms with E-state index in [9.17, 15) is 4.79 Å². The normalized spacial score (nSPS) is 16.4. The van der Waals surface area contributed by atoms with Crippen molar-refractivity contribution in [3.63, 3.8) is 0 Å². The fourth-order valence-corrected chi connectivity index (χ4v) is 2.06. The van der Waals surface area contributed by atoms with Gasteiger partial charge in [-0.05, 0) is 24.6 Å². The van der Waals surface area contributed by atoms with Crippen molar-refractivity contribution in [1.29, 1.82) is 0 Å². The van der Waals surface area contributed by atoms with Crippen LogP contribution >= 0.6 is 0 Å². The molecule has 0 aromatic heterocycles. The summed E-state index contributed by atoms with van der Waals surface area (Å²) in [6.45, 7) is 3.31. The number of ether oxygens (including phenoxy) is 3. The molecule has 0 radical (unpaired) electrons. The average Bonchev–Trinajstić information content (AvgIpc) is 2.98. The molecule has 0 atom stereocenters. The molecule has 0 saturated carbocycles. The number of benzene rings is 1. The van der Waals surface area contributed by atoms with Gasteiger partial charge in [-0.25, -0.2) is 0 Å². The summed E-state index contributed by atoms with van der Waals surface area (Å²) in [5, 5.41) is 0. The SMILES string of the molecule is Cc1cc2c(cc1C(=O)CC1=NCCO1)OCO2. The van der Waals surface area contributed by atoms with E-state index in [-0.39, 0.29) is 19.0 Å². The van der Waals surface area contributed by atoms with Crippen LogP contribution in [0.1, 0.15) is 22.3 Å². The Labute approximate surface area is 104 Å². The topological polar surface area (TPSA) is 57.1 Å². The number of ketones is 1. The van der Waals surface area contributed by atoms with Crippen LogP contribution in [0.3, 0.4) is 0 Å². The third-order valence-electron chi connectivity index (χ3n) is 2.98. The van der Waals surface area contributed by atoms with E-state index in [4.69, 9.17) is 14.2 Å². The molecule has 5 heteroatoms. The van der Waals surface area contributed by atoms with Crippen LogP contribution in [0.2, 0.25) is 0 Å². The number of carbonyl (C=O) groups excluding carboxylic acids is 1. The van der Waals surface area contributed by atoms with E-state index < -0.39 is 0 Å². The molecule has 3 rings (SSSR count). The van der Waals surface area contributed by atoms with Gasteiger partial charge in [-0.2, -0.15) is 0 Å². The summed E-state index contributed by atoms with van der Waals surface area (Å²) in [6.07, 6.45) is 0.209. The van der Waals surface area contributed by atoms with E-state index in [1.54, 1.807) is 6.07 Å². The number of nitrogens with zero attached hydrogens (tertiary/aromatic N) is 1. The fourth-order valence-electron chi connectivity index (χ4n) is 2.06. The molecular formula is C13H13NO4. The predicted octanol–water partition coefficient (Wildman–Crippen LogP) is 1.73. The van der Waals surface area contributed by atoms with E-state index in [0.717, 1.165) is 5.56 Å². The number of hydrogen-bond donors (Lipinski definition) is 0. The van der Waals surface area contributed by atoms with Crippen molar-refractivity contribution in [2.45, 2.75) is 13.3 Å². The highest BCUT2D eigenvalue weighted by molar-refractivity contribution is 6.08. The standard InChI is InChI=1S/C13H13NO4/c1-8-4-11-12(18-7-17-11)5-9(8)10(15)6-13-14-2-3-16-13/h4-5H,2-3,6-7H2,1H3. The maximum atomic E-state index is 12.2. The highest BCUT2D eigenvalue weighted by atomic mass is 16.7. The van der Waals surface area contributed by atoms with Crippen LogP contribution in [0.25, 0.3) is 0 Å². The Morgan fingerprint density at radius 3 is 2.78 bits per heavy atom. The van der Waals surface area contributed by atoms with Gasteiger partial charge in [-0.1, -0.05) is 0 Å². The van der Waals surface area contributed by atoms with Gasteiger partial charge in [-0.15, -0.1) is 0 Å². The number of hydrogen-bond acceptors (Lipinski definition) is 5. The number of carbonyl (C=O) groups is 1. The summed E-state index contributed by atoms with van der Waals surface area (Å²) >= 11 is 0. The Morgan fingerprint density at radius 1 is 1.28 bits per heavy atom. The lowest BCUT2D eigenvalue weighted by molar-refractivity contribution is 0.0993. The van der Waals surface area contributed by atoms with Crippen molar-refractivity contribution in [2.24, 2.45) is 4.99 Å². The van der Waals surface area contributed by atoms with Crippen LogP contribution in [-0.4, -0.2) is 31.6 Å². The van der Waals surface area contributed by atoms with Gasteiger partial charge in [0, 0.05) is 5.56 Å². The van der Waals surface area contributed by atoms with E-state index in [1.807, 2.05) is 13.0 Å². The molecule has 94 valence electrons. The summed E-state index contributed by atoms with van der Waals surface area (Å²) in [6, 6.07) is 3.56. The Morgan fingerprint density at radius 2 is 2.06 bits per heavy atom. The van der Waals surface area contributed by atoms with Gasteiger partial charge in [0.1, 0.15) is 6.61 Å². The number of rotatable bonds is 3. The Hall–Kier alpha value is -2.04. The molecule has 5 nitrogen and oxygen atoms in total. The van der Waals surface area contributed by atoms with Gasteiger partial charge in [0.2, 0.25) is 6.79 Å². The molecule has 2 aliphatic heterocycles. The van der Waals surface area contributed by atoms with E-state index >= 15 is 0 Å². The lowest BCUT2D eigenvalue weighted by Gasteiger charge is -2.06. The summed E-state index contributed by atoms with van der Waals surface area (Å²) in [5.74, 6) is 1.83. The molecule has 2 heterocycles. The minimum absolute atomic E-state index is 0.00792. The molecular weight excluding hydrogens is 234 g/mol. The summed E-state index contributed by atoms with van der Waals surface area (Å²) in [7, 11) is 0. The van der Waals surface area contributed by atoms with Crippen LogP contribution in [0.4, 0.5) is 0 Å². The van der Waals surface area contributed by atoms with Crippen LogP contribution in [0.5, 0.6) is 11.5 Å². The molecule has 1 aromatic carbocycles. The number of aliphatic imine (C=N–C) groups is 1. The van der Waals surface area contributed by atoms with Crippen molar-refractivity contribution < 1.29 is 19.0 Å². The molecule has 1 aromatic rings. The van der Waals surface area contributed by atoms with E-state index in [2.05, 4.69) is 4.99 Å². The molecule has 0 N–H and O–H groups in total. The first kappa shape index (κ1) is 11.1. The van der Waals surface area contributed by atoms with Crippen molar-refractivity contribution in [2.75, 3.05) is 19.9 Å². The first-order valence-electron chi connectivity index (χ1n) is 5.83. The second kappa shape index (κ2) is 4.33. The monoisotopic (exact) mass is 247 g/mol. The fraction of sp³-hybridized carbons (Fsp3) is 0.385. The smallest absolute Gasteiger partial charge is 0.231 e. The van der Waals surface area contributed by atoms with E-state index in [0.29, 0.717) is 36.1 Å². The Balaban J connectivity index is 1.85. The van der Waals surface area contributed by atoms with Gasteiger partial charge in [0.05, 0.1) is 13.0 Å². The van der Waals surface area contributed by atoms with E-state index in [1.165, 1.54) is 0 Å². The quantitative estimate of drug-likeness (QED) is 0.763. The third kappa shape index (κ3) is 1.92. The maximum Gasteiger partial charge on any atom is 0.231 e. The van der Waals surface area contributed by atoms with Gasteiger partial charge < -0.3 is 14.2 Å². The zero-order chi connectivity index (χ0) is 12.5. The second-order valence-corrected chi connectivity index (χ2v) is 4.24.